The molecule has 0 spiro atoms. The van der Waals surface area contributed by atoms with E-state index in [4.69, 9.17) is 0 Å². The largest absolute Gasteiger partial charge is 0.340 e. The number of likely N-dealkylation sites (tertiary alicyclic amines) is 1. The lowest BCUT2D eigenvalue weighted by molar-refractivity contribution is -0.130. The molecule has 0 radical (unpaired) electrons. The minimum atomic E-state index is 0.238. The third-order valence-corrected chi connectivity index (χ3v) is 3.24. The second-order valence-corrected chi connectivity index (χ2v) is 4.15. The summed E-state index contributed by atoms with van der Waals surface area (Å²) in [6.45, 7) is 5.87. The fraction of sp³-hybridized carbons (Fsp3) is 0.909. The first-order valence-electron chi connectivity index (χ1n) is 5.62. The Morgan fingerprint density at radius 3 is 2.86 bits per heavy atom. The Labute approximate surface area is 86.9 Å². The highest BCUT2D eigenvalue weighted by atomic mass is 16.2. The van der Waals surface area contributed by atoms with E-state index in [2.05, 4.69) is 12.2 Å². The molecule has 1 aliphatic rings. The molecular formula is C11H22N2O. The summed E-state index contributed by atoms with van der Waals surface area (Å²) in [6, 6.07) is 0.477. The third-order valence-electron chi connectivity index (χ3n) is 3.24. The molecule has 3 heteroatoms. The Bertz CT molecular complexity index is 194. The molecule has 0 bridgehead atoms. The van der Waals surface area contributed by atoms with Gasteiger partial charge in [0.05, 0.1) is 0 Å². The number of amides is 1. The molecule has 0 aromatic carbocycles. The molecule has 1 fully saturated rings. The highest BCUT2D eigenvalue weighted by molar-refractivity contribution is 5.73. The maximum Gasteiger partial charge on any atom is 0.219 e. The van der Waals surface area contributed by atoms with Crippen LogP contribution in [0.2, 0.25) is 0 Å². The Hall–Kier alpha value is -0.570. The average molecular weight is 198 g/mol. The van der Waals surface area contributed by atoms with Crippen molar-refractivity contribution in [3.63, 3.8) is 0 Å². The SMILES string of the molecule is CCC(CNC)C1CCCN1C(C)=O. The van der Waals surface area contributed by atoms with Crippen LogP contribution in [0.1, 0.15) is 33.1 Å². The summed E-state index contributed by atoms with van der Waals surface area (Å²) < 4.78 is 0. The molecular weight excluding hydrogens is 176 g/mol. The molecule has 2 unspecified atom stereocenters. The van der Waals surface area contributed by atoms with E-state index < -0.39 is 0 Å². The van der Waals surface area contributed by atoms with E-state index in [1.165, 1.54) is 12.8 Å². The smallest absolute Gasteiger partial charge is 0.219 e. The second-order valence-electron chi connectivity index (χ2n) is 4.15. The van der Waals surface area contributed by atoms with Crippen molar-refractivity contribution in [2.45, 2.75) is 39.2 Å². The van der Waals surface area contributed by atoms with Crippen molar-refractivity contribution in [2.75, 3.05) is 20.1 Å². The van der Waals surface area contributed by atoms with E-state index in [1.54, 1.807) is 6.92 Å². The molecule has 1 aliphatic heterocycles. The topological polar surface area (TPSA) is 32.3 Å². The van der Waals surface area contributed by atoms with Crippen molar-refractivity contribution in [3.05, 3.63) is 0 Å². The van der Waals surface area contributed by atoms with Crippen LogP contribution in [0, 0.1) is 5.92 Å². The minimum Gasteiger partial charge on any atom is -0.340 e. The highest BCUT2D eigenvalue weighted by Crippen LogP contribution is 2.25. The van der Waals surface area contributed by atoms with Gasteiger partial charge in [0.25, 0.3) is 0 Å². The Morgan fingerprint density at radius 1 is 1.64 bits per heavy atom. The molecule has 0 aromatic rings. The summed E-state index contributed by atoms with van der Waals surface area (Å²) in [4.78, 5) is 13.4. The van der Waals surface area contributed by atoms with E-state index in [0.29, 0.717) is 12.0 Å². The van der Waals surface area contributed by atoms with Crippen LogP contribution < -0.4 is 5.32 Å². The maximum absolute atomic E-state index is 11.4. The van der Waals surface area contributed by atoms with E-state index >= 15 is 0 Å². The summed E-state index contributed by atoms with van der Waals surface area (Å²) >= 11 is 0. The van der Waals surface area contributed by atoms with Gasteiger partial charge >= 0.3 is 0 Å². The van der Waals surface area contributed by atoms with Crippen molar-refractivity contribution in [3.8, 4) is 0 Å². The molecule has 1 amide bonds. The highest BCUT2D eigenvalue weighted by Gasteiger charge is 2.31. The van der Waals surface area contributed by atoms with Crippen LogP contribution in [-0.4, -0.2) is 37.0 Å². The first-order chi connectivity index (χ1) is 6.70. The van der Waals surface area contributed by atoms with Gasteiger partial charge < -0.3 is 10.2 Å². The van der Waals surface area contributed by atoms with E-state index in [1.807, 2.05) is 11.9 Å². The van der Waals surface area contributed by atoms with E-state index in [-0.39, 0.29) is 5.91 Å². The normalized spacial score (nSPS) is 23.9. The van der Waals surface area contributed by atoms with E-state index in [0.717, 1.165) is 19.5 Å². The maximum atomic E-state index is 11.4. The van der Waals surface area contributed by atoms with Crippen LogP contribution >= 0.6 is 0 Å². The monoisotopic (exact) mass is 198 g/mol. The second kappa shape index (κ2) is 5.35. The molecule has 1 heterocycles. The van der Waals surface area contributed by atoms with Crippen LogP contribution in [0.25, 0.3) is 0 Å². The summed E-state index contributed by atoms with van der Waals surface area (Å²) in [5.41, 5.74) is 0. The third kappa shape index (κ3) is 2.47. The van der Waals surface area contributed by atoms with Gasteiger partial charge in [-0.05, 0) is 32.4 Å². The first kappa shape index (κ1) is 11.5. The van der Waals surface area contributed by atoms with Gasteiger partial charge in [-0.15, -0.1) is 0 Å². The Balaban J connectivity index is 2.59. The molecule has 0 aromatic heterocycles. The van der Waals surface area contributed by atoms with Gasteiger partial charge in [0, 0.05) is 19.5 Å². The Kier molecular flexibility index (Phi) is 4.39. The zero-order valence-corrected chi connectivity index (χ0v) is 9.55. The van der Waals surface area contributed by atoms with Gasteiger partial charge in [-0.25, -0.2) is 0 Å². The van der Waals surface area contributed by atoms with Gasteiger partial charge in [-0.2, -0.15) is 0 Å². The fourth-order valence-electron chi connectivity index (χ4n) is 2.49. The molecule has 0 saturated carbocycles. The quantitative estimate of drug-likeness (QED) is 0.737. The summed E-state index contributed by atoms with van der Waals surface area (Å²) in [5, 5.41) is 3.22. The van der Waals surface area contributed by atoms with Crippen LogP contribution in [0.3, 0.4) is 0 Å². The van der Waals surface area contributed by atoms with E-state index in [9.17, 15) is 4.79 Å². The Morgan fingerprint density at radius 2 is 2.36 bits per heavy atom. The first-order valence-corrected chi connectivity index (χ1v) is 5.62. The lowest BCUT2D eigenvalue weighted by Crippen LogP contribution is -2.41. The number of nitrogens with one attached hydrogen (secondary N) is 1. The van der Waals surface area contributed by atoms with Gasteiger partial charge in [0.2, 0.25) is 5.91 Å². The summed E-state index contributed by atoms with van der Waals surface area (Å²) in [5.74, 6) is 0.855. The van der Waals surface area contributed by atoms with Crippen molar-refractivity contribution in [1.82, 2.24) is 10.2 Å². The molecule has 1 N–H and O–H groups in total. The number of rotatable bonds is 4. The fourth-order valence-corrected chi connectivity index (χ4v) is 2.49. The molecule has 1 saturated heterocycles. The number of hydrogen-bond donors (Lipinski definition) is 1. The van der Waals surface area contributed by atoms with Crippen molar-refractivity contribution in [2.24, 2.45) is 5.92 Å². The van der Waals surface area contributed by atoms with Crippen molar-refractivity contribution >= 4 is 5.91 Å². The van der Waals surface area contributed by atoms with Gasteiger partial charge in [0.1, 0.15) is 0 Å². The van der Waals surface area contributed by atoms with Gasteiger partial charge in [-0.1, -0.05) is 13.3 Å². The van der Waals surface area contributed by atoms with Crippen LogP contribution in [-0.2, 0) is 4.79 Å². The number of carbonyl (C=O) groups is 1. The lowest BCUT2D eigenvalue weighted by atomic mass is 9.94. The van der Waals surface area contributed by atoms with Gasteiger partial charge in [-0.3, -0.25) is 4.79 Å². The molecule has 1 rings (SSSR count). The predicted molar refractivity (Wildman–Crippen MR) is 58.1 cm³/mol. The minimum absolute atomic E-state index is 0.238. The van der Waals surface area contributed by atoms with Crippen molar-refractivity contribution < 1.29 is 4.79 Å². The number of nitrogens with zero attached hydrogens (tertiary/aromatic N) is 1. The molecule has 0 aliphatic carbocycles. The average Bonchev–Trinajstić information content (AvgIpc) is 2.62. The van der Waals surface area contributed by atoms with Crippen LogP contribution in [0.4, 0.5) is 0 Å². The van der Waals surface area contributed by atoms with Crippen molar-refractivity contribution in [1.29, 1.82) is 0 Å². The van der Waals surface area contributed by atoms with Crippen LogP contribution in [0.5, 0.6) is 0 Å². The molecule has 3 nitrogen and oxygen atoms in total. The predicted octanol–water partition coefficient (Wildman–Crippen LogP) is 1.24. The zero-order chi connectivity index (χ0) is 10.6. The standard InChI is InChI=1S/C11H22N2O/c1-4-10(8-12-3)11-6-5-7-13(11)9(2)14/h10-12H,4-8H2,1-3H3. The summed E-state index contributed by atoms with van der Waals surface area (Å²) in [6.07, 6.45) is 3.50. The number of carbonyl (C=O) groups excluding carboxylic acids is 1. The lowest BCUT2D eigenvalue weighted by Gasteiger charge is -2.30. The summed E-state index contributed by atoms with van der Waals surface area (Å²) in [7, 11) is 1.98. The zero-order valence-electron chi connectivity index (χ0n) is 9.55. The van der Waals surface area contributed by atoms with Gasteiger partial charge in [0.15, 0.2) is 0 Å². The van der Waals surface area contributed by atoms with Crippen LogP contribution in [0.15, 0.2) is 0 Å². The number of hydrogen-bond acceptors (Lipinski definition) is 2. The molecule has 14 heavy (non-hydrogen) atoms. The molecule has 2 atom stereocenters. The molecule has 82 valence electrons.